The van der Waals surface area contributed by atoms with E-state index in [1.165, 1.54) is 18.3 Å². The fourth-order valence-electron chi connectivity index (χ4n) is 2.85. The van der Waals surface area contributed by atoms with Crippen LogP contribution in [0.1, 0.15) is 32.7 Å². The Bertz CT molecular complexity index is 803. The summed E-state index contributed by atoms with van der Waals surface area (Å²) in [4.78, 5) is 41.1. The fourth-order valence-corrected chi connectivity index (χ4v) is 3.71. The highest BCUT2D eigenvalue weighted by molar-refractivity contribution is 7.15. The predicted octanol–water partition coefficient (Wildman–Crippen LogP) is 3.33. The van der Waals surface area contributed by atoms with E-state index in [9.17, 15) is 14.4 Å². The largest absolute Gasteiger partial charge is 0.336 e. The van der Waals surface area contributed by atoms with E-state index in [0.717, 1.165) is 12.1 Å². The molecular weight excluding hydrogens is 350 g/mol. The number of hydrogen-bond acceptors (Lipinski definition) is 4. The SMILES string of the molecule is CC(=O)c1ccc(C(=O)N2CCCN(C(=O)Nc3ccccc3)CC2)s1. The molecule has 2 aromatic rings. The molecule has 3 rings (SSSR count). The van der Waals surface area contributed by atoms with E-state index < -0.39 is 0 Å². The van der Waals surface area contributed by atoms with Crippen LogP contribution >= 0.6 is 11.3 Å². The molecule has 2 heterocycles. The zero-order valence-electron chi connectivity index (χ0n) is 14.6. The van der Waals surface area contributed by atoms with Gasteiger partial charge in [0.15, 0.2) is 5.78 Å². The van der Waals surface area contributed by atoms with Crippen molar-refractivity contribution in [3.05, 3.63) is 52.2 Å². The monoisotopic (exact) mass is 371 g/mol. The molecule has 1 N–H and O–H groups in total. The third-order valence-corrected chi connectivity index (χ3v) is 5.43. The summed E-state index contributed by atoms with van der Waals surface area (Å²) in [5.41, 5.74) is 0.755. The van der Waals surface area contributed by atoms with Crippen LogP contribution in [0.15, 0.2) is 42.5 Å². The molecule has 1 aromatic carbocycles. The summed E-state index contributed by atoms with van der Waals surface area (Å²) in [5.74, 6) is -0.110. The Balaban J connectivity index is 1.59. The summed E-state index contributed by atoms with van der Waals surface area (Å²) in [6.07, 6.45) is 0.721. The van der Waals surface area contributed by atoms with Crippen molar-refractivity contribution in [3.63, 3.8) is 0 Å². The van der Waals surface area contributed by atoms with Gasteiger partial charge in [-0.15, -0.1) is 11.3 Å². The van der Waals surface area contributed by atoms with E-state index in [4.69, 9.17) is 0 Å². The van der Waals surface area contributed by atoms with E-state index in [-0.39, 0.29) is 17.7 Å². The van der Waals surface area contributed by atoms with E-state index >= 15 is 0 Å². The van der Waals surface area contributed by atoms with Gasteiger partial charge in [-0.2, -0.15) is 0 Å². The summed E-state index contributed by atoms with van der Waals surface area (Å²) in [7, 11) is 0. The molecule has 1 aromatic heterocycles. The Morgan fingerprint density at radius 2 is 1.54 bits per heavy atom. The van der Waals surface area contributed by atoms with E-state index in [2.05, 4.69) is 5.32 Å². The van der Waals surface area contributed by atoms with Gasteiger partial charge in [-0.05, 0) is 37.6 Å². The molecule has 1 saturated heterocycles. The van der Waals surface area contributed by atoms with Gasteiger partial charge >= 0.3 is 6.03 Å². The molecule has 0 aliphatic carbocycles. The first-order chi connectivity index (χ1) is 12.5. The molecule has 1 aliphatic rings. The lowest BCUT2D eigenvalue weighted by Crippen LogP contribution is -2.39. The molecule has 26 heavy (non-hydrogen) atoms. The fraction of sp³-hybridized carbons (Fsp3) is 0.316. The molecule has 0 atom stereocenters. The van der Waals surface area contributed by atoms with Crippen molar-refractivity contribution < 1.29 is 14.4 Å². The molecule has 6 nitrogen and oxygen atoms in total. The lowest BCUT2D eigenvalue weighted by atomic mass is 10.3. The summed E-state index contributed by atoms with van der Waals surface area (Å²) >= 11 is 1.22. The van der Waals surface area contributed by atoms with Crippen molar-refractivity contribution in [2.45, 2.75) is 13.3 Å². The van der Waals surface area contributed by atoms with Crippen LogP contribution in [0.2, 0.25) is 0 Å². The molecule has 0 bridgehead atoms. The van der Waals surface area contributed by atoms with Crippen LogP contribution in [-0.2, 0) is 0 Å². The van der Waals surface area contributed by atoms with Crippen molar-refractivity contribution in [1.29, 1.82) is 0 Å². The Morgan fingerprint density at radius 1 is 0.885 bits per heavy atom. The topological polar surface area (TPSA) is 69.7 Å². The number of nitrogens with one attached hydrogen (secondary N) is 1. The average Bonchev–Trinajstić information content (AvgIpc) is 3.00. The zero-order valence-corrected chi connectivity index (χ0v) is 15.4. The standard InChI is InChI=1S/C19H21N3O3S/c1-14(23)16-8-9-17(26-16)18(24)21-10-5-11-22(13-12-21)19(25)20-15-6-3-2-4-7-15/h2-4,6-9H,5,10-13H2,1H3,(H,20,25). The highest BCUT2D eigenvalue weighted by Gasteiger charge is 2.24. The number of thiophene rings is 1. The number of ketones is 1. The third-order valence-electron chi connectivity index (χ3n) is 4.26. The molecule has 136 valence electrons. The summed E-state index contributed by atoms with van der Waals surface area (Å²) in [5, 5.41) is 2.88. The molecule has 0 saturated carbocycles. The van der Waals surface area contributed by atoms with Crippen LogP contribution in [0.4, 0.5) is 10.5 Å². The number of anilines is 1. The highest BCUT2D eigenvalue weighted by Crippen LogP contribution is 2.20. The first-order valence-electron chi connectivity index (χ1n) is 8.55. The summed E-state index contributed by atoms with van der Waals surface area (Å²) in [6.45, 7) is 3.66. The van der Waals surface area contributed by atoms with Crippen LogP contribution in [0.25, 0.3) is 0 Å². The Morgan fingerprint density at radius 3 is 2.23 bits per heavy atom. The van der Waals surface area contributed by atoms with E-state index in [1.807, 2.05) is 30.3 Å². The van der Waals surface area contributed by atoms with Crippen LogP contribution in [0.5, 0.6) is 0 Å². The number of nitrogens with zero attached hydrogens (tertiary/aromatic N) is 2. The smallest absolute Gasteiger partial charge is 0.321 e. The molecule has 7 heteroatoms. The van der Waals surface area contributed by atoms with Crippen molar-refractivity contribution in [2.24, 2.45) is 0 Å². The van der Waals surface area contributed by atoms with Crippen LogP contribution in [0, 0.1) is 0 Å². The minimum atomic E-state index is -0.152. The first-order valence-corrected chi connectivity index (χ1v) is 9.37. The summed E-state index contributed by atoms with van der Waals surface area (Å²) < 4.78 is 0. The zero-order chi connectivity index (χ0) is 18.5. The van der Waals surface area contributed by atoms with Gasteiger partial charge in [0.1, 0.15) is 0 Å². The molecule has 0 radical (unpaired) electrons. The predicted molar refractivity (Wildman–Crippen MR) is 102 cm³/mol. The number of carbonyl (C=O) groups excluding carboxylic acids is 3. The second kappa shape index (κ2) is 8.14. The van der Waals surface area contributed by atoms with Gasteiger partial charge in [0, 0.05) is 31.9 Å². The second-order valence-corrected chi connectivity index (χ2v) is 7.23. The van der Waals surface area contributed by atoms with Gasteiger partial charge in [-0.25, -0.2) is 4.79 Å². The number of para-hydroxylation sites is 1. The van der Waals surface area contributed by atoms with Gasteiger partial charge in [0.25, 0.3) is 5.91 Å². The minimum Gasteiger partial charge on any atom is -0.336 e. The second-order valence-electron chi connectivity index (χ2n) is 6.15. The van der Waals surface area contributed by atoms with Gasteiger partial charge in [0.05, 0.1) is 9.75 Å². The summed E-state index contributed by atoms with van der Waals surface area (Å²) in [6, 6.07) is 12.6. The Kier molecular flexibility index (Phi) is 5.68. The molecule has 0 unspecified atom stereocenters. The number of amides is 3. The molecular formula is C19H21N3O3S. The maximum absolute atomic E-state index is 12.7. The lowest BCUT2D eigenvalue weighted by molar-refractivity contribution is 0.0767. The number of benzene rings is 1. The van der Waals surface area contributed by atoms with Crippen molar-refractivity contribution >= 4 is 34.7 Å². The Hall–Kier alpha value is -2.67. The first kappa shape index (κ1) is 18.1. The minimum absolute atomic E-state index is 0.0336. The highest BCUT2D eigenvalue weighted by atomic mass is 32.1. The average molecular weight is 371 g/mol. The number of Topliss-reactive ketones (excluding diaryl/α,β-unsaturated/α-hetero) is 1. The molecule has 3 amide bonds. The van der Waals surface area contributed by atoms with Gasteiger partial charge in [-0.1, -0.05) is 18.2 Å². The van der Waals surface area contributed by atoms with E-state index in [0.29, 0.717) is 35.9 Å². The van der Waals surface area contributed by atoms with Crippen molar-refractivity contribution in [3.8, 4) is 0 Å². The van der Waals surface area contributed by atoms with Gasteiger partial charge < -0.3 is 15.1 Å². The number of rotatable bonds is 3. The molecule has 1 aliphatic heterocycles. The number of hydrogen-bond donors (Lipinski definition) is 1. The van der Waals surface area contributed by atoms with Crippen LogP contribution in [0.3, 0.4) is 0 Å². The normalized spacial score (nSPS) is 14.7. The van der Waals surface area contributed by atoms with Gasteiger partial charge in [-0.3, -0.25) is 9.59 Å². The third kappa shape index (κ3) is 4.29. The van der Waals surface area contributed by atoms with Crippen LogP contribution < -0.4 is 5.32 Å². The van der Waals surface area contributed by atoms with E-state index in [1.54, 1.807) is 21.9 Å². The molecule has 0 spiro atoms. The maximum atomic E-state index is 12.7. The van der Waals surface area contributed by atoms with Crippen molar-refractivity contribution in [1.82, 2.24) is 9.80 Å². The van der Waals surface area contributed by atoms with Gasteiger partial charge in [0.2, 0.25) is 0 Å². The quantitative estimate of drug-likeness (QED) is 0.842. The Labute approximate surface area is 156 Å². The number of urea groups is 1. The van der Waals surface area contributed by atoms with Crippen LogP contribution in [-0.4, -0.2) is 53.7 Å². The van der Waals surface area contributed by atoms with Crippen molar-refractivity contribution in [2.75, 3.05) is 31.5 Å². The number of carbonyl (C=O) groups is 3. The lowest BCUT2D eigenvalue weighted by Gasteiger charge is -2.22. The molecule has 1 fully saturated rings. The maximum Gasteiger partial charge on any atom is 0.321 e.